The molecule has 2 aromatic rings. The van der Waals surface area contributed by atoms with Crippen LogP contribution in [0.2, 0.25) is 0 Å². The summed E-state index contributed by atoms with van der Waals surface area (Å²) in [5.74, 6) is 0.0738. The molecule has 2 rings (SSSR count). The number of hydrogen-bond donors (Lipinski definition) is 1. The first-order valence-corrected chi connectivity index (χ1v) is 6.87. The lowest BCUT2D eigenvalue weighted by Crippen LogP contribution is -2.28. The normalized spacial score (nSPS) is 12.5. The van der Waals surface area contributed by atoms with Crippen molar-refractivity contribution in [3.05, 3.63) is 60.4 Å². The van der Waals surface area contributed by atoms with E-state index in [2.05, 4.69) is 10.1 Å². The van der Waals surface area contributed by atoms with Gasteiger partial charge in [-0.05, 0) is 30.7 Å². The van der Waals surface area contributed by atoms with Gasteiger partial charge in [-0.25, -0.2) is 4.79 Å². The van der Waals surface area contributed by atoms with E-state index in [1.54, 1.807) is 30.5 Å². The Labute approximate surface area is 128 Å². The molecule has 2 N–H and O–H groups in total. The molecule has 1 aromatic heterocycles. The Bertz CT molecular complexity index is 630. The maximum Gasteiger partial charge on any atom is 0.375 e. The average molecular weight is 299 g/mol. The van der Waals surface area contributed by atoms with Crippen LogP contribution in [0, 0.1) is 0 Å². The fourth-order valence-corrected chi connectivity index (χ4v) is 1.68. The van der Waals surface area contributed by atoms with Crippen molar-refractivity contribution in [3.63, 3.8) is 0 Å². The minimum atomic E-state index is -0.743. The van der Waals surface area contributed by atoms with Crippen LogP contribution in [0.4, 0.5) is 0 Å². The number of ether oxygens (including phenoxy) is 1. The second-order valence-corrected chi connectivity index (χ2v) is 4.46. The number of carbonyl (C=O) groups is 1. The summed E-state index contributed by atoms with van der Waals surface area (Å²) in [6.07, 6.45) is 2.86. The third-order valence-corrected chi connectivity index (χ3v) is 2.85. The van der Waals surface area contributed by atoms with Crippen molar-refractivity contribution in [2.24, 2.45) is 10.9 Å². The largest absolute Gasteiger partial charge is 0.479 e. The maximum atomic E-state index is 12.0. The molecule has 0 aliphatic heterocycles. The van der Waals surface area contributed by atoms with Gasteiger partial charge >= 0.3 is 5.97 Å². The molecule has 0 saturated carbocycles. The monoisotopic (exact) mass is 299 g/mol. The summed E-state index contributed by atoms with van der Waals surface area (Å²) < 4.78 is 5.57. The number of rotatable bonds is 6. The lowest BCUT2D eigenvalue weighted by molar-refractivity contribution is -0.152. The van der Waals surface area contributed by atoms with Gasteiger partial charge in [0.2, 0.25) is 0 Å². The number of oxime groups is 1. The molecular weight excluding hydrogens is 282 g/mol. The van der Waals surface area contributed by atoms with Gasteiger partial charge in [0.25, 0.3) is 0 Å². The van der Waals surface area contributed by atoms with Gasteiger partial charge in [0.1, 0.15) is 5.75 Å². The van der Waals surface area contributed by atoms with E-state index in [0.29, 0.717) is 17.7 Å². The van der Waals surface area contributed by atoms with Crippen LogP contribution in [0.1, 0.15) is 18.9 Å². The first-order valence-electron chi connectivity index (χ1n) is 6.87. The molecule has 0 fully saturated rings. The number of aromatic nitrogens is 1. The van der Waals surface area contributed by atoms with Gasteiger partial charge in [0.05, 0.1) is 0 Å². The molecule has 0 amide bonds. The van der Waals surface area contributed by atoms with E-state index in [4.69, 9.17) is 15.3 Å². The van der Waals surface area contributed by atoms with E-state index < -0.39 is 12.1 Å². The number of benzene rings is 1. The lowest BCUT2D eigenvalue weighted by atomic mass is 10.2. The summed E-state index contributed by atoms with van der Waals surface area (Å²) in [5, 5.41) is 3.63. The van der Waals surface area contributed by atoms with Crippen LogP contribution >= 0.6 is 0 Å². The van der Waals surface area contributed by atoms with Gasteiger partial charge < -0.3 is 15.3 Å². The molecule has 114 valence electrons. The molecule has 0 unspecified atom stereocenters. The number of pyridine rings is 1. The first-order chi connectivity index (χ1) is 10.7. The van der Waals surface area contributed by atoms with Gasteiger partial charge in [-0.1, -0.05) is 30.3 Å². The molecule has 1 atom stereocenters. The fraction of sp³-hybridized carbons (Fsp3) is 0.188. The minimum absolute atomic E-state index is 0.0796. The number of amidine groups is 1. The second kappa shape index (κ2) is 7.78. The molecule has 0 aliphatic rings. The Hall–Kier alpha value is -2.89. The van der Waals surface area contributed by atoms with E-state index in [0.717, 1.165) is 0 Å². The van der Waals surface area contributed by atoms with E-state index in [1.165, 1.54) is 6.20 Å². The van der Waals surface area contributed by atoms with E-state index >= 15 is 0 Å². The summed E-state index contributed by atoms with van der Waals surface area (Å²) in [4.78, 5) is 20.8. The smallest absolute Gasteiger partial charge is 0.375 e. The lowest BCUT2D eigenvalue weighted by Gasteiger charge is -2.14. The molecule has 6 heteroatoms. The topological polar surface area (TPSA) is 86.8 Å². The van der Waals surface area contributed by atoms with Crippen LogP contribution in [0.5, 0.6) is 5.75 Å². The molecule has 1 heterocycles. The van der Waals surface area contributed by atoms with Crippen LogP contribution in [-0.4, -0.2) is 22.9 Å². The van der Waals surface area contributed by atoms with Gasteiger partial charge in [-0.15, -0.1) is 0 Å². The third kappa shape index (κ3) is 4.31. The highest BCUT2D eigenvalue weighted by Crippen LogP contribution is 2.13. The molecule has 0 bridgehead atoms. The summed E-state index contributed by atoms with van der Waals surface area (Å²) in [6.45, 7) is 1.82. The number of carbonyl (C=O) groups excluding carboxylic acids is 1. The van der Waals surface area contributed by atoms with E-state index in [9.17, 15) is 4.79 Å². The van der Waals surface area contributed by atoms with Crippen molar-refractivity contribution in [1.29, 1.82) is 0 Å². The van der Waals surface area contributed by atoms with Gasteiger partial charge in [-0.2, -0.15) is 0 Å². The zero-order chi connectivity index (χ0) is 15.8. The summed E-state index contributed by atoms with van der Waals surface area (Å²) >= 11 is 0. The Kier molecular flexibility index (Phi) is 5.48. The van der Waals surface area contributed by atoms with Crippen molar-refractivity contribution in [1.82, 2.24) is 4.98 Å². The minimum Gasteiger partial charge on any atom is -0.479 e. The second-order valence-electron chi connectivity index (χ2n) is 4.46. The quantitative estimate of drug-likeness (QED) is 0.382. The first kappa shape index (κ1) is 15.5. The SMILES string of the molecule is CC[C@@H](Oc1ccccc1)C(=O)O/N=C(/N)c1cccnc1. The number of nitrogens with two attached hydrogens (primary N) is 1. The van der Waals surface area contributed by atoms with Crippen molar-refractivity contribution in [2.75, 3.05) is 0 Å². The van der Waals surface area contributed by atoms with E-state index in [1.807, 2.05) is 25.1 Å². The molecule has 0 radical (unpaired) electrons. The zero-order valence-electron chi connectivity index (χ0n) is 12.2. The summed E-state index contributed by atoms with van der Waals surface area (Å²) in [6, 6.07) is 12.5. The molecule has 0 spiro atoms. The molecule has 1 aromatic carbocycles. The molecular formula is C16H17N3O3. The Balaban J connectivity index is 1.98. The Morgan fingerprint density at radius 3 is 2.68 bits per heavy atom. The molecule has 0 aliphatic carbocycles. The fourth-order valence-electron chi connectivity index (χ4n) is 1.68. The standard InChI is InChI=1S/C16H17N3O3/c1-2-14(21-13-8-4-3-5-9-13)16(20)22-19-15(17)12-7-6-10-18-11-12/h3-11,14H,2H2,1H3,(H2,17,19)/t14-/m1/s1. The van der Waals surface area contributed by atoms with Crippen molar-refractivity contribution < 1.29 is 14.4 Å². The molecule has 22 heavy (non-hydrogen) atoms. The summed E-state index contributed by atoms with van der Waals surface area (Å²) in [5.41, 5.74) is 6.31. The van der Waals surface area contributed by atoms with Gasteiger partial charge in [0.15, 0.2) is 11.9 Å². The van der Waals surface area contributed by atoms with Crippen LogP contribution in [0.15, 0.2) is 60.0 Å². The van der Waals surface area contributed by atoms with Crippen LogP contribution in [0.25, 0.3) is 0 Å². The Morgan fingerprint density at radius 1 is 1.27 bits per heavy atom. The molecule has 6 nitrogen and oxygen atoms in total. The Morgan fingerprint density at radius 2 is 2.05 bits per heavy atom. The maximum absolute atomic E-state index is 12.0. The van der Waals surface area contributed by atoms with Crippen LogP contribution < -0.4 is 10.5 Å². The van der Waals surface area contributed by atoms with Crippen molar-refractivity contribution >= 4 is 11.8 Å². The van der Waals surface area contributed by atoms with Gasteiger partial charge in [-0.3, -0.25) is 4.98 Å². The van der Waals surface area contributed by atoms with Crippen LogP contribution in [-0.2, 0) is 9.63 Å². The van der Waals surface area contributed by atoms with E-state index in [-0.39, 0.29) is 5.84 Å². The highest BCUT2D eigenvalue weighted by molar-refractivity contribution is 5.97. The highest BCUT2D eigenvalue weighted by atomic mass is 16.7. The number of para-hydroxylation sites is 1. The number of nitrogens with zero attached hydrogens (tertiary/aromatic N) is 2. The summed E-state index contributed by atoms with van der Waals surface area (Å²) in [7, 11) is 0. The zero-order valence-corrected chi connectivity index (χ0v) is 12.2. The predicted octanol–water partition coefficient (Wildman–Crippen LogP) is 2.10. The average Bonchev–Trinajstić information content (AvgIpc) is 2.59. The number of hydrogen-bond acceptors (Lipinski definition) is 5. The third-order valence-electron chi connectivity index (χ3n) is 2.85. The predicted molar refractivity (Wildman–Crippen MR) is 82.2 cm³/mol. The molecule has 0 saturated heterocycles. The van der Waals surface area contributed by atoms with Gasteiger partial charge in [0, 0.05) is 18.0 Å². The highest BCUT2D eigenvalue weighted by Gasteiger charge is 2.20. The van der Waals surface area contributed by atoms with Crippen LogP contribution in [0.3, 0.4) is 0 Å². The van der Waals surface area contributed by atoms with Crippen molar-refractivity contribution in [2.45, 2.75) is 19.4 Å². The van der Waals surface area contributed by atoms with Crippen molar-refractivity contribution in [3.8, 4) is 5.75 Å².